The SMILES string of the molecule is CN(CCCCCc1cc(-c2cccc(F)c2)n[nH]1)C(=O)c1ccccc1NS(C)(=O)=O. The fraction of sp³-hybridized carbons (Fsp3) is 0.304. The van der Waals surface area contributed by atoms with Gasteiger partial charge < -0.3 is 4.90 Å². The van der Waals surface area contributed by atoms with Crippen molar-refractivity contribution in [1.29, 1.82) is 0 Å². The topological polar surface area (TPSA) is 95.2 Å². The van der Waals surface area contributed by atoms with Crippen LogP contribution in [0, 0.1) is 5.82 Å². The Labute approximate surface area is 187 Å². The monoisotopic (exact) mass is 458 g/mol. The maximum Gasteiger partial charge on any atom is 0.255 e. The lowest BCUT2D eigenvalue weighted by atomic mass is 10.1. The second-order valence-corrected chi connectivity index (χ2v) is 9.49. The molecule has 2 aromatic carbocycles. The molecule has 0 saturated heterocycles. The standard InChI is InChI=1S/C23H27FN4O3S/c1-28(23(29)20-12-5-6-13-21(20)27-32(2,30)31)14-7-3-4-11-19-16-22(26-25-19)17-9-8-10-18(24)15-17/h5-6,8-10,12-13,15-16,27H,3-4,7,11,14H2,1-2H3,(H,25,26). The molecular weight excluding hydrogens is 431 g/mol. The average Bonchev–Trinajstić information content (AvgIpc) is 3.21. The second-order valence-electron chi connectivity index (χ2n) is 7.75. The fourth-order valence-electron chi connectivity index (χ4n) is 3.39. The number of aryl methyl sites for hydroxylation is 1. The van der Waals surface area contributed by atoms with Crippen LogP contribution >= 0.6 is 0 Å². The van der Waals surface area contributed by atoms with Crippen molar-refractivity contribution < 1.29 is 17.6 Å². The van der Waals surface area contributed by atoms with Crippen molar-refractivity contribution in [3.8, 4) is 11.3 Å². The Morgan fingerprint density at radius 3 is 2.62 bits per heavy atom. The Morgan fingerprint density at radius 2 is 1.88 bits per heavy atom. The van der Waals surface area contributed by atoms with E-state index < -0.39 is 10.0 Å². The van der Waals surface area contributed by atoms with Crippen LogP contribution in [0.4, 0.5) is 10.1 Å². The number of H-pyrrole nitrogens is 1. The van der Waals surface area contributed by atoms with Crippen molar-refractivity contribution in [2.45, 2.75) is 25.7 Å². The lowest BCUT2D eigenvalue weighted by Crippen LogP contribution is -2.28. The first kappa shape index (κ1) is 23.5. The predicted molar refractivity (Wildman–Crippen MR) is 123 cm³/mol. The first-order valence-corrected chi connectivity index (χ1v) is 12.2. The van der Waals surface area contributed by atoms with Gasteiger partial charge in [-0.2, -0.15) is 5.10 Å². The van der Waals surface area contributed by atoms with Gasteiger partial charge in [-0.3, -0.25) is 14.6 Å². The lowest BCUT2D eigenvalue weighted by Gasteiger charge is -2.19. The third-order valence-corrected chi connectivity index (χ3v) is 5.58. The molecule has 0 aliphatic rings. The van der Waals surface area contributed by atoms with Gasteiger partial charge in [0.15, 0.2) is 0 Å². The molecule has 3 rings (SSSR count). The van der Waals surface area contributed by atoms with Crippen LogP contribution in [0.5, 0.6) is 0 Å². The van der Waals surface area contributed by atoms with Gasteiger partial charge in [0, 0.05) is 24.8 Å². The molecular formula is C23H27FN4O3S. The first-order chi connectivity index (χ1) is 15.2. The number of para-hydroxylation sites is 1. The molecule has 0 aliphatic carbocycles. The number of aromatic amines is 1. The number of anilines is 1. The average molecular weight is 459 g/mol. The van der Waals surface area contributed by atoms with Gasteiger partial charge in [0.2, 0.25) is 10.0 Å². The minimum Gasteiger partial charge on any atom is -0.342 e. The molecule has 32 heavy (non-hydrogen) atoms. The minimum atomic E-state index is -3.48. The quantitative estimate of drug-likeness (QED) is 0.448. The number of hydrogen-bond donors (Lipinski definition) is 2. The smallest absolute Gasteiger partial charge is 0.255 e. The molecule has 3 aromatic rings. The summed E-state index contributed by atoms with van der Waals surface area (Å²) in [5, 5.41) is 7.25. The first-order valence-electron chi connectivity index (χ1n) is 10.4. The zero-order chi connectivity index (χ0) is 23.1. The van der Waals surface area contributed by atoms with E-state index in [1.54, 1.807) is 42.3 Å². The van der Waals surface area contributed by atoms with Gasteiger partial charge in [0.25, 0.3) is 5.91 Å². The Morgan fingerprint density at radius 1 is 1.09 bits per heavy atom. The van der Waals surface area contributed by atoms with Crippen molar-refractivity contribution in [3.63, 3.8) is 0 Å². The number of halogens is 1. The number of nitrogens with one attached hydrogen (secondary N) is 2. The number of unbranched alkanes of at least 4 members (excludes halogenated alkanes) is 2. The van der Waals surface area contributed by atoms with E-state index in [1.807, 2.05) is 12.1 Å². The zero-order valence-electron chi connectivity index (χ0n) is 18.1. The molecule has 2 N–H and O–H groups in total. The number of benzene rings is 2. The van der Waals surface area contributed by atoms with Crippen LogP contribution in [0.25, 0.3) is 11.3 Å². The van der Waals surface area contributed by atoms with Gasteiger partial charge in [-0.25, -0.2) is 12.8 Å². The summed E-state index contributed by atoms with van der Waals surface area (Å²) in [4.78, 5) is 14.3. The lowest BCUT2D eigenvalue weighted by molar-refractivity contribution is 0.0793. The van der Waals surface area contributed by atoms with Gasteiger partial charge >= 0.3 is 0 Å². The minimum absolute atomic E-state index is 0.231. The number of carbonyl (C=O) groups is 1. The summed E-state index contributed by atoms with van der Waals surface area (Å²) in [6, 6.07) is 14.8. The predicted octanol–water partition coefficient (Wildman–Crippen LogP) is 4.07. The van der Waals surface area contributed by atoms with Crippen LogP contribution in [-0.4, -0.2) is 49.3 Å². The summed E-state index contributed by atoms with van der Waals surface area (Å²) in [5.74, 6) is -0.523. The Balaban J connectivity index is 1.46. The van der Waals surface area contributed by atoms with Crippen LogP contribution in [0.1, 0.15) is 35.3 Å². The molecule has 0 radical (unpaired) electrons. The molecule has 170 valence electrons. The Kier molecular flexibility index (Phi) is 7.63. The number of rotatable bonds is 10. The zero-order valence-corrected chi connectivity index (χ0v) is 19.0. The number of hydrogen-bond acceptors (Lipinski definition) is 4. The summed E-state index contributed by atoms with van der Waals surface area (Å²) < 4.78 is 38.9. The van der Waals surface area contributed by atoms with Crippen molar-refractivity contribution in [2.75, 3.05) is 24.6 Å². The molecule has 7 nitrogen and oxygen atoms in total. The molecule has 0 aliphatic heterocycles. The van der Waals surface area contributed by atoms with Crippen LogP contribution in [-0.2, 0) is 16.4 Å². The van der Waals surface area contributed by atoms with Crippen LogP contribution in [0.15, 0.2) is 54.6 Å². The number of sulfonamides is 1. The highest BCUT2D eigenvalue weighted by atomic mass is 32.2. The molecule has 0 fully saturated rings. The van der Waals surface area contributed by atoms with E-state index in [-0.39, 0.29) is 17.4 Å². The van der Waals surface area contributed by atoms with Gasteiger partial charge in [-0.15, -0.1) is 0 Å². The maximum atomic E-state index is 13.4. The summed E-state index contributed by atoms with van der Waals surface area (Å²) in [5.41, 5.74) is 3.03. The van der Waals surface area contributed by atoms with Gasteiger partial charge in [-0.1, -0.05) is 30.7 Å². The van der Waals surface area contributed by atoms with Crippen molar-refractivity contribution >= 4 is 21.6 Å². The van der Waals surface area contributed by atoms with Crippen molar-refractivity contribution in [1.82, 2.24) is 15.1 Å². The highest BCUT2D eigenvalue weighted by Crippen LogP contribution is 2.20. The molecule has 1 amide bonds. The molecule has 1 heterocycles. The van der Waals surface area contributed by atoms with E-state index in [1.165, 1.54) is 12.1 Å². The summed E-state index contributed by atoms with van der Waals surface area (Å²) >= 11 is 0. The third-order valence-electron chi connectivity index (χ3n) is 4.99. The Bertz CT molecular complexity index is 1180. The van der Waals surface area contributed by atoms with E-state index in [2.05, 4.69) is 14.9 Å². The highest BCUT2D eigenvalue weighted by Gasteiger charge is 2.17. The second kappa shape index (κ2) is 10.4. The van der Waals surface area contributed by atoms with Crippen LogP contribution in [0.3, 0.4) is 0 Å². The summed E-state index contributed by atoms with van der Waals surface area (Å²) in [7, 11) is -1.77. The summed E-state index contributed by atoms with van der Waals surface area (Å²) in [6.07, 6.45) is 4.50. The largest absolute Gasteiger partial charge is 0.342 e. The van der Waals surface area contributed by atoms with Crippen LogP contribution < -0.4 is 4.72 Å². The van der Waals surface area contributed by atoms with Gasteiger partial charge in [-0.05, 0) is 49.6 Å². The molecule has 1 aromatic heterocycles. The maximum absolute atomic E-state index is 13.4. The van der Waals surface area contributed by atoms with E-state index in [0.29, 0.717) is 17.8 Å². The van der Waals surface area contributed by atoms with E-state index in [0.717, 1.165) is 43.2 Å². The number of aromatic nitrogens is 2. The molecule has 0 unspecified atom stereocenters. The molecule has 0 saturated carbocycles. The van der Waals surface area contributed by atoms with Gasteiger partial charge in [0.05, 0.1) is 23.2 Å². The van der Waals surface area contributed by atoms with Crippen LogP contribution in [0.2, 0.25) is 0 Å². The van der Waals surface area contributed by atoms with Crippen molar-refractivity contribution in [2.24, 2.45) is 0 Å². The molecule has 0 bridgehead atoms. The van der Waals surface area contributed by atoms with Crippen molar-refractivity contribution in [3.05, 3.63) is 71.7 Å². The van der Waals surface area contributed by atoms with E-state index in [4.69, 9.17) is 0 Å². The van der Waals surface area contributed by atoms with E-state index >= 15 is 0 Å². The fourth-order valence-corrected chi connectivity index (χ4v) is 3.97. The third kappa shape index (κ3) is 6.65. The van der Waals surface area contributed by atoms with E-state index in [9.17, 15) is 17.6 Å². The number of nitrogens with zero attached hydrogens (tertiary/aromatic N) is 2. The molecule has 0 atom stereocenters. The molecule has 0 spiro atoms. The summed E-state index contributed by atoms with van der Waals surface area (Å²) in [6.45, 7) is 0.559. The number of amides is 1. The Hall–Kier alpha value is -3.20. The number of carbonyl (C=O) groups excluding carboxylic acids is 1. The molecule has 9 heteroatoms. The highest BCUT2D eigenvalue weighted by molar-refractivity contribution is 7.92. The van der Waals surface area contributed by atoms with Gasteiger partial charge in [0.1, 0.15) is 5.82 Å². The normalized spacial score (nSPS) is 11.3.